The van der Waals surface area contributed by atoms with Gasteiger partial charge in [-0.2, -0.15) is 10.4 Å². The van der Waals surface area contributed by atoms with Gasteiger partial charge in [0.15, 0.2) is 0 Å². The molecule has 0 aliphatic carbocycles. The number of carbonyl (C=O) groups is 1. The lowest BCUT2D eigenvalue weighted by Crippen LogP contribution is -2.23. The third kappa shape index (κ3) is 4.69. The van der Waals surface area contributed by atoms with Gasteiger partial charge >= 0.3 is 0 Å². The highest BCUT2D eigenvalue weighted by atomic mass is 16.5. The molecule has 8 nitrogen and oxygen atoms in total. The highest BCUT2D eigenvalue weighted by Crippen LogP contribution is 2.33. The summed E-state index contributed by atoms with van der Waals surface area (Å²) in [6.07, 6.45) is 1.73. The van der Waals surface area contributed by atoms with E-state index in [9.17, 15) is 10.1 Å². The number of nitrogens with one attached hydrogen (secondary N) is 2. The number of carbonyl (C=O) groups excluding carboxylic acids is 1. The monoisotopic (exact) mass is 445 g/mol. The minimum atomic E-state index is -0.197. The Bertz CT molecular complexity index is 1160. The molecule has 1 saturated heterocycles. The molecule has 0 spiro atoms. The van der Waals surface area contributed by atoms with Crippen LogP contribution < -0.4 is 15.4 Å². The van der Waals surface area contributed by atoms with Crippen molar-refractivity contribution < 1.29 is 14.3 Å². The summed E-state index contributed by atoms with van der Waals surface area (Å²) in [5, 5.41) is 20.7. The van der Waals surface area contributed by atoms with E-state index in [-0.39, 0.29) is 11.9 Å². The number of rotatable bonds is 7. The zero-order valence-electron chi connectivity index (χ0n) is 18.8. The minimum Gasteiger partial charge on any atom is -0.496 e. The highest BCUT2D eigenvalue weighted by Gasteiger charge is 2.25. The van der Waals surface area contributed by atoms with Gasteiger partial charge in [-0.25, -0.2) is 4.68 Å². The van der Waals surface area contributed by atoms with Crippen LogP contribution in [0.2, 0.25) is 0 Å². The molecule has 0 unspecified atom stereocenters. The zero-order chi connectivity index (χ0) is 23.2. The van der Waals surface area contributed by atoms with Gasteiger partial charge in [0, 0.05) is 32.4 Å². The smallest absolute Gasteiger partial charge is 0.255 e. The van der Waals surface area contributed by atoms with Crippen LogP contribution in [0.3, 0.4) is 0 Å². The van der Waals surface area contributed by atoms with Crippen molar-refractivity contribution in [3.63, 3.8) is 0 Å². The maximum absolute atomic E-state index is 12.5. The fourth-order valence-electron chi connectivity index (χ4n) is 4.07. The number of para-hydroxylation sites is 1. The summed E-state index contributed by atoms with van der Waals surface area (Å²) in [7, 11) is 3.36. The molecule has 0 radical (unpaired) electrons. The average molecular weight is 446 g/mol. The summed E-state index contributed by atoms with van der Waals surface area (Å²) < 4.78 is 12.7. The molecule has 1 fully saturated rings. The Hall–Kier alpha value is -3.83. The Morgan fingerprint density at radius 2 is 1.94 bits per heavy atom. The Morgan fingerprint density at radius 3 is 2.61 bits per heavy atom. The Morgan fingerprint density at radius 1 is 1.21 bits per heavy atom. The topological polar surface area (TPSA) is 101 Å². The quantitative estimate of drug-likeness (QED) is 0.574. The molecule has 2 heterocycles. The number of amides is 1. The summed E-state index contributed by atoms with van der Waals surface area (Å²) in [4.78, 5) is 12.5. The second-order valence-electron chi connectivity index (χ2n) is 7.80. The van der Waals surface area contributed by atoms with Crippen molar-refractivity contribution in [2.75, 3.05) is 32.7 Å². The number of hydrogen-bond donors (Lipinski definition) is 2. The number of hydrogen-bond acceptors (Lipinski definition) is 6. The fraction of sp³-hybridized carbons (Fsp3) is 0.320. The molecule has 4 rings (SSSR count). The molecule has 2 N–H and O–H groups in total. The molecule has 0 saturated carbocycles. The van der Waals surface area contributed by atoms with E-state index in [2.05, 4.69) is 16.7 Å². The van der Waals surface area contributed by atoms with Crippen LogP contribution in [0.4, 0.5) is 5.82 Å². The molecule has 1 aliphatic rings. The van der Waals surface area contributed by atoms with Crippen LogP contribution in [-0.2, 0) is 11.3 Å². The van der Waals surface area contributed by atoms with E-state index in [4.69, 9.17) is 14.6 Å². The predicted molar refractivity (Wildman–Crippen MR) is 125 cm³/mol. The molecule has 0 bridgehead atoms. The first-order valence-electron chi connectivity index (χ1n) is 10.9. The standard InChI is InChI=1S/C25H27N5O3/c1-27-24-21(15-26)23(29-30(24)19-11-13-33-14-12-19)18-9-7-17(8-10-18)16-28-25(31)20-5-3-4-6-22(20)32-2/h3-10,19,27H,11-14,16H2,1-2H3,(H,28,31). The molecule has 1 aromatic heterocycles. The molecular weight excluding hydrogens is 418 g/mol. The lowest BCUT2D eigenvalue weighted by atomic mass is 10.1. The van der Waals surface area contributed by atoms with Crippen LogP contribution in [0.15, 0.2) is 48.5 Å². The Labute approximate surface area is 193 Å². The van der Waals surface area contributed by atoms with Gasteiger partial charge in [-0.1, -0.05) is 36.4 Å². The van der Waals surface area contributed by atoms with Crippen molar-refractivity contribution in [3.05, 3.63) is 65.2 Å². The minimum absolute atomic E-state index is 0.197. The number of methoxy groups -OCH3 is 1. The van der Waals surface area contributed by atoms with Gasteiger partial charge in [0.1, 0.15) is 28.9 Å². The van der Waals surface area contributed by atoms with Gasteiger partial charge < -0.3 is 20.1 Å². The SMILES string of the molecule is CNc1c(C#N)c(-c2ccc(CNC(=O)c3ccccc3OC)cc2)nn1C1CCOCC1. The maximum Gasteiger partial charge on any atom is 0.255 e. The van der Waals surface area contributed by atoms with Gasteiger partial charge in [0.05, 0.1) is 18.7 Å². The second kappa shape index (κ2) is 10.2. The normalized spacial score (nSPS) is 13.8. The molecule has 1 aliphatic heterocycles. The number of anilines is 1. The molecule has 33 heavy (non-hydrogen) atoms. The lowest BCUT2D eigenvalue weighted by molar-refractivity contribution is 0.0669. The Kier molecular flexibility index (Phi) is 6.91. The first-order valence-corrected chi connectivity index (χ1v) is 10.9. The van der Waals surface area contributed by atoms with Crippen molar-refractivity contribution in [1.82, 2.24) is 15.1 Å². The summed E-state index contributed by atoms with van der Waals surface area (Å²) in [6.45, 7) is 1.76. The van der Waals surface area contributed by atoms with E-state index in [1.807, 2.05) is 42.1 Å². The summed E-state index contributed by atoms with van der Waals surface area (Å²) in [5.74, 6) is 1.07. The predicted octanol–water partition coefficient (Wildman–Crippen LogP) is 3.75. The van der Waals surface area contributed by atoms with E-state index in [0.717, 1.165) is 29.8 Å². The average Bonchev–Trinajstić information content (AvgIpc) is 3.26. The number of aromatic nitrogens is 2. The molecule has 2 aromatic carbocycles. The van der Waals surface area contributed by atoms with Crippen molar-refractivity contribution in [2.24, 2.45) is 0 Å². The lowest BCUT2D eigenvalue weighted by Gasteiger charge is -2.24. The number of nitriles is 1. The van der Waals surface area contributed by atoms with Crippen molar-refractivity contribution in [2.45, 2.75) is 25.4 Å². The summed E-state index contributed by atoms with van der Waals surface area (Å²) in [6, 6.07) is 17.4. The number of benzene rings is 2. The second-order valence-corrected chi connectivity index (χ2v) is 7.80. The molecule has 8 heteroatoms. The van der Waals surface area contributed by atoms with E-state index in [1.165, 1.54) is 0 Å². The van der Waals surface area contributed by atoms with Crippen molar-refractivity contribution in [3.8, 4) is 23.1 Å². The van der Waals surface area contributed by atoms with Gasteiger partial charge in [0.2, 0.25) is 0 Å². The van der Waals surface area contributed by atoms with E-state index in [1.54, 1.807) is 25.3 Å². The first-order chi connectivity index (χ1) is 16.2. The molecule has 1 amide bonds. The van der Waals surface area contributed by atoms with Gasteiger partial charge in [-0.05, 0) is 30.5 Å². The third-order valence-electron chi connectivity index (χ3n) is 5.83. The van der Waals surface area contributed by atoms with Crippen LogP contribution in [-0.4, -0.2) is 43.1 Å². The van der Waals surface area contributed by atoms with E-state index < -0.39 is 0 Å². The van der Waals surface area contributed by atoms with Crippen LogP contribution in [0, 0.1) is 11.3 Å². The fourth-order valence-corrected chi connectivity index (χ4v) is 4.07. The van der Waals surface area contributed by atoms with Crippen LogP contribution in [0.25, 0.3) is 11.3 Å². The van der Waals surface area contributed by atoms with Crippen molar-refractivity contribution >= 4 is 11.7 Å². The molecular formula is C25H27N5O3. The van der Waals surface area contributed by atoms with Gasteiger partial charge in [-0.3, -0.25) is 4.79 Å². The highest BCUT2D eigenvalue weighted by molar-refractivity contribution is 5.96. The summed E-state index contributed by atoms with van der Waals surface area (Å²) in [5.41, 5.74) is 3.47. The molecule has 3 aromatic rings. The van der Waals surface area contributed by atoms with Crippen molar-refractivity contribution in [1.29, 1.82) is 5.26 Å². The van der Waals surface area contributed by atoms with Crippen LogP contribution in [0.5, 0.6) is 5.75 Å². The maximum atomic E-state index is 12.5. The van der Waals surface area contributed by atoms with E-state index >= 15 is 0 Å². The third-order valence-corrected chi connectivity index (χ3v) is 5.83. The summed E-state index contributed by atoms with van der Waals surface area (Å²) >= 11 is 0. The largest absolute Gasteiger partial charge is 0.496 e. The van der Waals surface area contributed by atoms with E-state index in [0.29, 0.717) is 42.3 Å². The number of nitrogens with zero attached hydrogens (tertiary/aromatic N) is 3. The first kappa shape index (κ1) is 22.4. The molecule has 0 atom stereocenters. The van der Waals surface area contributed by atoms with Gasteiger partial charge in [-0.15, -0.1) is 0 Å². The Balaban J connectivity index is 1.52. The number of ether oxygens (including phenoxy) is 2. The van der Waals surface area contributed by atoms with Gasteiger partial charge in [0.25, 0.3) is 5.91 Å². The van der Waals surface area contributed by atoms with Crippen LogP contribution >= 0.6 is 0 Å². The molecule has 170 valence electrons. The zero-order valence-corrected chi connectivity index (χ0v) is 18.8. The van der Waals surface area contributed by atoms with Crippen LogP contribution in [0.1, 0.15) is 40.4 Å².